The Morgan fingerprint density at radius 3 is 2.42 bits per heavy atom. The minimum Gasteiger partial charge on any atom is -0.478 e. The Hall–Kier alpha value is -3.34. The summed E-state index contributed by atoms with van der Waals surface area (Å²) < 4.78 is 6.53. The van der Waals surface area contributed by atoms with E-state index in [0.29, 0.717) is 18.0 Å². The standard InChI is InChI=1S/C33H42N2O3/c1-7-11-22(12-8-2)23-13-14-24(25(17-23)33(36)37)32-26-15-20(5)28(34-9-3)18-30(26)38-31-19-29(35-10-4)21(6)16-27(31)32/h13-19,22,26,32,35H,7-12H2,1-6H3,(H,36,37)/b34-28-. The highest BCUT2D eigenvalue weighted by Crippen LogP contribution is 2.50. The van der Waals surface area contributed by atoms with Crippen molar-refractivity contribution in [1.29, 1.82) is 0 Å². The molecule has 1 heterocycles. The average Bonchev–Trinajstić information content (AvgIpc) is 2.89. The molecule has 5 heteroatoms. The molecular weight excluding hydrogens is 472 g/mol. The maximum Gasteiger partial charge on any atom is 0.335 e. The largest absolute Gasteiger partial charge is 0.478 e. The number of nitrogens with zero attached hydrogens (tertiary/aromatic N) is 1. The van der Waals surface area contributed by atoms with Gasteiger partial charge in [-0.25, -0.2) is 4.79 Å². The van der Waals surface area contributed by atoms with E-state index in [2.05, 4.69) is 75.3 Å². The van der Waals surface area contributed by atoms with Crippen molar-refractivity contribution in [2.24, 2.45) is 10.9 Å². The van der Waals surface area contributed by atoms with Crippen LogP contribution in [0.3, 0.4) is 0 Å². The Bertz CT molecular complexity index is 1280. The molecule has 1 aliphatic carbocycles. The minimum atomic E-state index is -0.877. The molecule has 38 heavy (non-hydrogen) atoms. The van der Waals surface area contributed by atoms with Gasteiger partial charge in [0.15, 0.2) is 0 Å². The number of fused-ring (bicyclic) bond motifs is 2. The molecule has 0 spiro atoms. The highest BCUT2D eigenvalue weighted by molar-refractivity contribution is 6.09. The minimum absolute atomic E-state index is 0.103. The predicted molar refractivity (Wildman–Crippen MR) is 157 cm³/mol. The van der Waals surface area contributed by atoms with Crippen LogP contribution in [-0.2, 0) is 0 Å². The van der Waals surface area contributed by atoms with Gasteiger partial charge < -0.3 is 15.2 Å². The third-order valence-electron chi connectivity index (χ3n) is 7.80. The molecule has 2 N–H and O–H groups in total. The summed E-state index contributed by atoms with van der Waals surface area (Å²) in [4.78, 5) is 17.4. The van der Waals surface area contributed by atoms with Crippen molar-refractivity contribution in [1.82, 2.24) is 0 Å². The Kier molecular flexibility index (Phi) is 8.76. The zero-order valence-corrected chi connectivity index (χ0v) is 23.7. The summed E-state index contributed by atoms with van der Waals surface area (Å²) in [6, 6.07) is 10.4. The third-order valence-corrected chi connectivity index (χ3v) is 7.80. The quantitative estimate of drug-likeness (QED) is 0.335. The van der Waals surface area contributed by atoms with Crippen LogP contribution in [0.15, 0.2) is 58.8 Å². The van der Waals surface area contributed by atoms with Crippen molar-refractivity contribution in [3.05, 3.63) is 81.6 Å². The van der Waals surface area contributed by atoms with Crippen molar-refractivity contribution in [3.8, 4) is 5.75 Å². The van der Waals surface area contributed by atoms with Crippen molar-refractivity contribution < 1.29 is 14.6 Å². The van der Waals surface area contributed by atoms with E-state index >= 15 is 0 Å². The van der Waals surface area contributed by atoms with Crippen LogP contribution in [0.2, 0.25) is 0 Å². The third kappa shape index (κ3) is 5.43. The molecule has 0 aromatic heterocycles. The van der Waals surface area contributed by atoms with Crippen molar-refractivity contribution in [3.63, 3.8) is 0 Å². The predicted octanol–water partition coefficient (Wildman–Crippen LogP) is 8.25. The van der Waals surface area contributed by atoms with Gasteiger partial charge in [-0.3, -0.25) is 4.99 Å². The van der Waals surface area contributed by atoms with Crippen LogP contribution < -0.4 is 10.1 Å². The van der Waals surface area contributed by atoms with E-state index in [9.17, 15) is 9.90 Å². The summed E-state index contributed by atoms with van der Waals surface area (Å²) in [6.45, 7) is 14.2. The molecule has 0 amide bonds. The first-order valence-electron chi connectivity index (χ1n) is 14.2. The zero-order chi connectivity index (χ0) is 27.4. The molecule has 2 aliphatic rings. The van der Waals surface area contributed by atoms with Crippen molar-refractivity contribution >= 4 is 17.4 Å². The van der Waals surface area contributed by atoms with Crippen LogP contribution >= 0.6 is 0 Å². The Morgan fingerprint density at radius 1 is 1.05 bits per heavy atom. The van der Waals surface area contributed by atoms with Crippen molar-refractivity contribution in [2.45, 2.75) is 79.1 Å². The van der Waals surface area contributed by atoms with Crippen LogP contribution in [0.4, 0.5) is 5.69 Å². The molecule has 2 aromatic rings. The molecule has 0 fully saturated rings. The number of allylic oxidation sites excluding steroid dienone is 3. The number of aryl methyl sites for hydroxylation is 1. The second kappa shape index (κ2) is 12.0. The lowest BCUT2D eigenvalue weighted by Gasteiger charge is -2.37. The molecule has 2 unspecified atom stereocenters. The smallest absolute Gasteiger partial charge is 0.335 e. The highest BCUT2D eigenvalue weighted by Gasteiger charge is 2.39. The van der Waals surface area contributed by atoms with Gasteiger partial charge in [0.1, 0.15) is 11.5 Å². The molecule has 2 aromatic carbocycles. The van der Waals surface area contributed by atoms with Gasteiger partial charge in [0.2, 0.25) is 0 Å². The van der Waals surface area contributed by atoms with Gasteiger partial charge in [0.05, 0.1) is 11.3 Å². The van der Waals surface area contributed by atoms with Crippen LogP contribution in [-0.4, -0.2) is 29.9 Å². The van der Waals surface area contributed by atoms with E-state index in [-0.39, 0.29) is 11.8 Å². The number of ether oxygens (including phenoxy) is 1. The number of hydrogen-bond acceptors (Lipinski definition) is 4. The van der Waals surface area contributed by atoms with Gasteiger partial charge in [-0.15, -0.1) is 0 Å². The van der Waals surface area contributed by atoms with Crippen LogP contribution in [0, 0.1) is 12.8 Å². The molecule has 2 atom stereocenters. The number of benzene rings is 2. The molecule has 1 aliphatic heterocycles. The van der Waals surface area contributed by atoms with Gasteiger partial charge in [0, 0.05) is 48.3 Å². The number of carboxylic acids is 1. The molecule has 0 radical (unpaired) electrons. The second-order valence-electron chi connectivity index (χ2n) is 10.5. The number of hydrogen-bond donors (Lipinski definition) is 2. The summed E-state index contributed by atoms with van der Waals surface area (Å²) in [6.07, 6.45) is 8.54. The average molecular weight is 515 g/mol. The maximum atomic E-state index is 12.7. The fraction of sp³-hybridized carbons (Fsp3) is 0.455. The highest BCUT2D eigenvalue weighted by atomic mass is 16.5. The first-order valence-corrected chi connectivity index (χ1v) is 14.2. The van der Waals surface area contributed by atoms with Gasteiger partial charge in [-0.1, -0.05) is 44.9 Å². The number of rotatable bonds is 10. The van der Waals surface area contributed by atoms with E-state index in [1.54, 1.807) is 0 Å². The van der Waals surface area contributed by atoms with E-state index in [1.807, 2.05) is 19.1 Å². The fourth-order valence-electron chi connectivity index (χ4n) is 6.04. The molecule has 0 saturated carbocycles. The summed E-state index contributed by atoms with van der Waals surface area (Å²) in [5, 5.41) is 13.9. The van der Waals surface area contributed by atoms with E-state index in [0.717, 1.165) is 83.0 Å². The van der Waals surface area contributed by atoms with Crippen LogP contribution in [0.1, 0.15) is 105 Å². The number of aromatic carboxylic acids is 1. The van der Waals surface area contributed by atoms with Gasteiger partial charge in [-0.05, 0) is 80.9 Å². The Balaban J connectivity index is 1.93. The monoisotopic (exact) mass is 514 g/mol. The van der Waals surface area contributed by atoms with Crippen molar-refractivity contribution in [2.75, 3.05) is 18.4 Å². The van der Waals surface area contributed by atoms with Gasteiger partial charge in [-0.2, -0.15) is 0 Å². The molecule has 0 saturated heterocycles. The zero-order valence-electron chi connectivity index (χ0n) is 23.7. The topological polar surface area (TPSA) is 70.9 Å². The maximum absolute atomic E-state index is 12.7. The first-order chi connectivity index (χ1) is 18.3. The lowest BCUT2D eigenvalue weighted by molar-refractivity contribution is 0.0694. The second-order valence-corrected chi connectivity index (χ2v) is 10.5. The number of anilines is 1. The lowest BCUT2D eigenvalue weighted by atomic mass is 9.72. The molecule has 5 nitrogen and oxygen atoms in total. The molecular formula is C33H42N2O3. The first kappa shape index (κ1) is 27.7. The molecule has 202 valence electrons. The number of carbonyl (C=O) groups is 1. The fourth-order valence-corrected chi connectivity index (χ4v) is 6.04. The Morgan fingerprint density at radius 2 is 1.79 bits per heavy atom. The summed E-state index contributed by atoms with van der Waals surface area (Å²) >= 11 is 0. The number of nitrogens with one attached hydrogen (secondary N) is 1. The van der Waals surface area contributed by atoms with Crippen LogP contribution in [0.25, 0.3) is 0 Å². The van der Waals surface area contributed by atoms with E-state index in [1.165, 1.54) is 0 Å². The summed E-state index contributed by atoms with van der Waals surface area (Å²) in [5.74, 6) is 0.823. The Labute approximate surface area is 227 Å². The number of carboxylic acid groups (broad SMARTS) is 1. The van der Waals surface area contributed by atoms with E-state index in [4.69, 9.17) is 4.74 Å². The van der Waals surface area contributed by atoms with Gasteiger partial charge in [0.25, 0.3) is 0 Å². The lowest BCUT2D eigenvalue weighted by Crippen LogP contribution is -2.29. The molecule has 4 rings (SSSR count). The number of aliphatic imine (C=N–C) groups is 1. The van der Waals surface area contributed by atoms with E-state index < -0.39 is 5.97 Å². The van der Waals surface area contributed by atoms with Gasteiger partial charge >= 0.3 is 5.97 Å². The normalized spacial score (nSPS) is 19.4. The molecule has 0 bridgehead atoms. The summed E-state index contributed by atoms with van der Waals surface area (Å²) in [7, 11) is 0. The summed E-state index contributed by atoms with van der Waals surface area (Å²) in [5.41, 5.74) is 7.56. The van der Waals surface area contributed by atoms with Crippen LogP contribution in [0.5, 0.6) is 5.75 Å². The SMILES string of the molecule is CCCC(CCC)c1ccc(C2c3cc(C)c(NCC)cc3OC3=C/C(=N/CC)C(C)=CC32)c(C(=O)O)c1.